The Morgan fingerprint density at radius 1 is 1.21 bits per heavy atom. The molecule has 3 N–H and O–H groups in total. The number of rotatable bonds is 12. The van der Waals surface area contributed by atoms with E-state index < -0.39 is 0 Å². The van der Waals surface area contributed by atoms with E-state index in [2.05, 4.69) is 23.8 Å². The summed E-state index contributed by atoms with van der Waals surface area (Å²) >= 11 is 0. The standard InChI is InChI=1S/C15H31N3O/c1-4-5-6-7-8-9-10-17-15(16)18-11-12-19-13-14(2)3/h2,4-13H2,1,3H3,(H3,16,17,18). The predicted molar refractivity (Wildman–Crippen MR) is 83.5 cm³/mol. The Kier molecular flexibility index (Phi) is 12.7. The summed E-state index contributed by atoms with van der Waals surface area (Å²) in [5, 5.41) is 3.04. The van der Waals surface area contributed by atoms with Crippen molar-refractivity contribution >= 4 is 5.96 Å². The lowest BCUT2D eigenvalue weighted by molar-refractivity contribution is 0.161. The number of ether oxygens (including phenoxy) is 1. The summed E-state index contributed by atoms with van der Waals surface area (Å²) in [6.45, 7) is 10.7. The summed E-state index contributed by atoms with van der Waals surface area (Å²) in [5.41, 5.74) is 6.78. The third-order valence-corrected chi connectivity index (χ3v) is 2.69. The second kappa shape index (κ2) is 13.4. The highest BCUT2D eigenvalue weighted by Crippen LogP contribution is 2.04. The maximum absolute atomic E-state index is 5.74. The van der Waals surface area contributed by atoms with Crippen LogP contribution in [0, 0.1) is 0 Å². The fourth-order valence-electron chi connectivity index (χ4n) is 1.65. The quantitative estimate of drug-likeness (QED) is 0.248. The topological polar surface area (TPSA) is 59.6 Å². The third-order valence-electron chi connectivity index (χ3n) is 2.69. The van der Waals surface area contributed by atoms with E-state index in [-0.39, 0.29) is 0 Å². The van der Waals surface area contributed by atoms with E-state index in [1.54, 1.807) is 0 Å². The maximum atomic E-state index is 5.74. The molecule has 19 heavy (non-hydrogen) atoms. The molecule has 0 saturated carbocycles. The van der Waals surface area contributed by atoms with Crippen LogP contribution in [-0.2, 0) is 4.74 Å². The van der Waals surface area contributed by atoms with E-state index in [1.807, 2.05) is 6.92 Å². The molecule has 0 aromatic heterocycles. The summed E-state index contributed by atoms with van der Waals surface area (Å²) in [5.74, 6) is 0.521. The van der Waals surface area contributed by atoms with Crippen molar-refractivity contribution in [3.63, 3.8) is 0 Å². The van der Waals surface area contributed by atoms with Crippen molar-refractivity contribution < 1.29 is 4.74 Å². The van der Waals surface area contributed by atoms with Gasteiger partial charge in [-0.25, -0.2) is 0 Å². The number of nitrogens with zero attached hydrogens (tertiary/aromatic N) is 1. The molecule has 0 aliphatic rings. The first kappa shape index (κ1) is 18.0. The molecule has 0 fully saturated rings. The van der Waals surface area contributed by atoms with E-state index in [0.717, 1.165) is 18.5 Å². The van der Waals surface area contributed by atoms with Gasteiger partial charge in [-0.3, -0.25) is 4.99 Å². The highest BCUT2D eigenvalue weighted by Gasteiger charge is 1.93. The van der Waals surface area contributed by atoms with Crippen LogP contribution in [0.2, 0.25) is 0 Å². The molecule has 4 heteroatoms. The van der Waals surface area contributed by atoms with Crippen molar-refractivity contribution in [2.45, 2.75) is 52.4 Å². The van der Waals surface area contributed by atoms with Crippen molar-refractivity contribution in [2.75, 3.05) is 26.3 Å². The molecule has 0 amide bonds. The Balaban J connectivity index is 3.32. The zero-order valence-electron chi connectivity index (χ0n) is 12.7. The molecular formula is C15H31N3O. The molecule has 0 atom stereocenters. The van der Waals surface area contributed by atoms with Crippen molar-refractivity contribution in [3.8, 4) is 0 Å². The second-order valence-corrected chi connectivity index (χ2v) is 4.97. The summed E-state index contributed by atoms with van der Waals surface area (Å²) in [4.78, 5) is 4.28. The van der Waals surface area contributed by atoms with Crippen LogP contribution < -0.4 is 11.1 Å². The van der Waals surface area contributed by atoms with Gasteiger partial charge in [0, 0.05) is 13.1 Å². The van der Waals surface area contributed by atoms with Gasteiger partial charge in [-0.15, -0.1) is 0 Å². The largest absolute Gasteiger partial charge is 0.375 e. The van der Waals surface area contributed by atoms with E-state index in [9.17, 15) is 0 Å². The Morgan fingerprint density at radius 3 is 2.58 bits per heavy atom. The van der Waals surface area contributed by atoms with Gasteiger partial charge in [0.05, 0.1) is 13.2 Å². The van der Waals surface area contributed by atoms with Gasteiger partial charge >= 0.3 is 0 Å². The molecular weight excluding hydrogens is 238 g/mol. The van der Waals surface area contributed by atoms with E-state index >= 15 is 0 Å². The van der Waals surface area contributed by atoms with Gasteiger partial charge in [-0.2, -0.15) is 0 Å². The molecule has 112 valence electrons. The molecule has 0 heterocycles. The van der Waals surface area contributed by atoms with Crippen LogP contribution >= 0.6 is 0 Å². The average molecular weight is 269 g/mol. The van der Waals surface area contributed by atoms with E-state index in [4.69, 9.17) is 10.5 Å². The number of nitrogens with one attached hydrogen (secondary N) is 1. The fraction of sp³-hybridized carbons (Fsp3) is 0.800. The monoisotopic (exact) mass is 269 g/mol. The molecule has 4 nitrogen and oxygen atoms in total. The number of guanidine groups is 1. The Morgan fingerprint density at radius 2 is 1.89 bits per heavy atom. The molecule has 0 aromatic carbocycles. The first-order valence-electron chi connectivity index (χ1n) is 7.42. The highest BCUT2D eigenvalue weighted by atomic mass is 16.5. The Bertz CT molecular complexity index is 252. The highest BCUT2D eigenvalue weighted by molar-refractivity contribution is 5.77. The Hall–Kier alpha value is -1.03. The second-order valence-electron chi connectivity index (χ2n) is 4.97. The smallest absolute Gasteiger partial charge is 0.188 e. The lowest BCUT2D eigenvalue weighted by Crippen LogP contribution is -2.34. The van der Waals surface area contributed by atoms with Crippen LogP contribution in [0.15, 0.2) is 17.1 Å². The van der Waals surface area contributed by atoms with Crippen LogP contribution in [-0.4, -0.2) is 32.3 Å². The van der Waals surface area contributed by atoms with Crippen LogP contribution in [0.1, 0.15) is 52.4 Å². The number of hydrogen-bond acceptors (Lipinski definition) is 2. The molecule has 0 spiro atoms. The summed E-state index contributed by atoms with van der Waals surface area (Å²) in [6, 6.07) is 0. The van der Waals surface area contributed by atoms with Crippen molar-refractivity contribution in [2.24, 2.45) is 10.7 Å². The van der Waals surface area contributed by atoms with Crippen LogP contribution in [0.5, 0.6) is 0 Å². The lowest BCUT2D eigenvalue weighted by Gasteiger charge is -2.06. The van der Waals surface area contributed by atoms with Crippen molar-refractivity contribution in [1.82, 2.24) is 5.32 Å². The van der Waals surface area contributed by atoms with Crippen molar-refractivity contribution in [1.29, 1.82) is 0 Å². The Labute approximate surface area is 118 Å². The molecule has 0 bridgehead atoms. The predicted octanol–water partition coefficient (Wildman–Crippen LogP) is 2.84. The first-order valence-corrected chi connectivity index (χ1v) is 7.42. The fourth-order valence-corrected chi connectivity index (χ4v) is 1.65. The number of unbranched alkanes of at least 4 members (excludes halogenated alkanes) is 5. The molecule has 0 radical (unpaired) electrons. The van der Waals surface area contributed by atoms with Gasteiger partial charge in [0.25, 0.3) is 0 Å². The normalized spacial score (nSPS) is 11.6. The number of aliphatic imine (C=N–C) groups is 1. The van der Waals surface area contributed by atoms with E-state index in [0.29, 0.717) is 25.7 Å². The van der Waals surface area contributed by atoms with Gasteiger partial charge in [0.15, 0.2) is 5.96 Å². The zero-order valence-corrected chi connectivity index (χ0v) is 12.7. The molecule has 0 aliphatic carbocycles. The first-order chi connectivity index (χ1) is 9.16. The SMILES string of the molecule is C=C(C)COCCNC(N)=NCCCCCCCC. The summed E-state index contributed by atoms with van der Waals surface area (Å²) < 4.78 is 5.35. The average Bonchev–Trinajstić information content (AvgIpc) is 2.37. The summed E-state index contributed by atoms with van der Waals surface area (Å²) in [7, 11) is 0. The van der Waals surface area contributed by atoms with Crippen LogP contribution in [0.3, 0.4) is 0 Å². The minimum atomic E-state index is 0.521. The number of hydrogen-bond donors (Lipinski definition) is 2. The van der Waals surface area contributed by atoms with Gasteiger partial charge < -0.3 is 15.8 Å². The summed E-state index contributed by atoms with van der Waals surface area (Å²) in [6.07, 6.45) is 7.66. The maximum Gasteiger partial charge on any atom is 0.188 e. The third kappa shape index (κ3) is 14.9. The van der Waals surface area contributed by atoms with E-state index in [1.165, 1.54) is 32.1 Å². The van der Waals surface area contributed by atoms with Crippen molar-refractivity contribution in [3.05, 3.63) is 12.2 Å². The van der Waals surface area contributed by atoms with Crippen LogP contribution in [0.4, 0.5) is 0 Å². The molecule has 0 aromatic rings. The lowest BCUT2D eigenvalue weighted by atomic mass is 10.1. The van der Waals surface area contributed by atoms with Crippen LogP contribution in [0.25, 0.3) is 0 Å². The number of nitrogens with two attached hydrogens (primary N) is 1. The molecule has 0 rings (SSSR count). The van der Waals surface area contributed by atoms with Gasteiger partial charge in [-0.05, 0) is 13.3 Å². The molecule has 0 unspecified atom stereocenters. The molecule has 0 aliphatic heterocycles. The van der Waals surface area contributed by atoms with Gasteiger partial charge in [0.2, 0.25) is 0 Å². The van der Waals surface area contributed by atoms with Gasteiger partial charge in [-0.1, -0.05) is 51.2 Å². The minimum Gasteiger partial charge on any atom is -0.375 e. The zero-order chi connectivity index (χ0) is 14.3. The van der Waals surface area contributed by atoms with Gasteiger partial charge in [0.1, 0.15) is 0 Å². The minimum absolute atomic E-state index is 0.521. The molecule has 0 saturated heterocycles.